The van der Waals surface area contributed by atoms with Crippen molar-refractivity contribution in [3.05, 3.63) is 87.3 Å². The zero-order valence-corrected chi connectivity index (χ0v) is 34.4. The average molecular weight is 725 g/mol. The highest BCUT2D eigenvalue weighted by molar-refractivity contribution is 5.70. The molecule has 0 radical (unpaired) electrons. The molecule has 2 N–H and O–H groups in total. The molecule has 288 valence electrons. The first-order valence-corrected chi connectivity index (χ1v) is 20.1. The fraction of sp³-hybridized carbons (Fsp3) is 0.587. The maximum absolute atomic E-state index is 12.0. The molecule has 0 saturated heterocycles. The summed E-state index contributed by atoms with van der Waals surface area (Å²) in [6.07, 6.45) is 19.7. The highest BCUT2D eigenvalue weighted by Crippen LogP contribution is 2.57. The highest BCUT2D eigenvalue weighted by Gasteiger charge is 2.54. The number of likely N-dealkylation sites (N-methyl/N-ethyl adjacent to an activating group) is 1. The number of fused-ring (bicyclic) bond motifs is 1. The number of carbonyl (C=O) groups is 2. The Bertz CT molecular complexity index is 1770. The van der Waals surface area contributed by atoms with Crippen molar-refractivity contribution in [3.63, 3.8) is 0 Å². The summed E-state index contributed by atoms with van der Waals surface area (Å²) >= 11 is 0. The molecule has 2 aliphatic heterocycles. The van der Waals surface area contributed by atoms with Crippen LogP contribution in [0.15, 0.2) is 70.6 Å². The lowest BCUT2D eigenvalue weighted by atomic mass is 9.65. The Morgan fingerprint density at radius 3 is 2.13 bits per heavy atom. The van der Waals surface area contributed by atoms with Gasteiger partial charge in [0.05, 0.1) is 43.5 Å². The standard InChI is InChI=1S/C46H65N3O4/c1-11-15-33-27-36-39(28-34(33)16-12-2)49(10,26-23-43(52)53)41(45(36,7)8)21-19-32(31-47)18-20-40-44(5,6)37-30-46(9,24-14-4)35(17-13-3)29-38(37)48(40)25-22-42(50)51/h18-21,27-29,41H,11-17,22-26,30H2,1-10H3,(H-,50,51,52,53)/p+1/b21-19+,32-18-,40-20+. The van der Waals surface area contributed by atoms with Gasteiger partial charge in [0.1, 0.15) is 11.7 Å². The van der Waals surface area contributed by atoms with E-state index in [0.29, 0.717) is 23.1 Å². The van der Waals surface area contributed by atoms with E-state index in [1.165, 1.54) is 33.5 Å². The molecule has 1 aromatic carbocycles. The summed E-state index contributed by atoms with van der Waals surface area (Å²) in [5.74, 6) is -1.64. The molecule has 0 fully saturated rings. The molecule has 0 bridgehead atoms. The van der Waals surface area contributed by atoms with Gasteiger partial charge in [-0.05, 0) is 105 Å². The molecule has 2 heterocycles. The number of rotatable bonds is 17. The Morgan fingerprint density at radius 1 is 0.943 bits per heavy atom. The number of carboxylic acid groups (broad SMARTS) is 2. The summed E-state index contributed by atoms with van der Waals surface area (Å²) in [5, 5.41) is 30.0. The van der Waals surface area contributed by atoms with Gasteiger partial charge in [-0.15, -0.1) is 0 Å². The Kier molecular flexibility index (Phi) is 13.1. The molecule has 7 nitrogen and oxygen atoms in total. The van der Waals surface area contributed by atoms with Gasteiger partial charge in [0.15, 0.2) is 0 Å². The normalized spacial score (nSPS) is 25.5. The van der Waals surface area contributed by atoms with Gasteiger partial charge >= 0.3 is 11.9 Å². The SMILES string of the molecule is CCCC1=CC2=C(CC1(C)CCC)C(C)(C)\C(=C/C=C(C#N)/C=C/C1C(C)(C)c3cc(CCC)c(CCC)cc3[N+]1(C)CCC(=O)O)N2CCC(=O)O. The number of allylic oxidation sites excluding steroid dienone is 7. The molecule has 1 aromatic rings. The third-order valence-electron chi connectivity index (χ3n) is 12.6. The minimum atomic E-state index is -0.829. The number of aliphatic carboxylic acids is 2. The van der Waals surface area contributed by atoms with Crippen LogP contribution >= 0.6 is 0 Å². The summed E-state index contributed by atoms with van der Waals surface area (Å²) in [5.41, 5.74) is 10.0. The third kappa shape index (κ3) is 8.29. The first-order chi connectivity index (χ1) is 24.9. The second-order valence-electron chi connectivity index (χ2n) is 17.3. The fourth-order valence-corrected chi connectivity index (χ4v) is 9.77. The van der Waals surface area contributed by atoms with Crippen LogP contribution in [0, 0.1) is 22.2 Å². The topological polar surface area (TPSA) is 102 Å². The van der Waals surface area contributed by atoms with Gasteiger partial charge in [-0.1, -0.05) is 79.7 Å². The zero-order chi connectivity index (χ0) is 39.4. The number of hydrogen-bond acceptors (Lipinski definition) is 4. The van der Waals surface area contributed by atoms with Crippen molar-refractivity contribution in [2.75, 3.05) is 20.1 Å². The molecule has 0 aromatic heterocycles. The summed E-state index contributed by atoms with van der Waals surface area (Å²) < 4.78 is 0.462. The molecule has 1 aliphatic carbocycles. The van der Waals surface area contributed by atoms with Crippen molar-refractivity contribution < 1.29 is 19.8 Å². The Morgan fingerprint density at radius 2 is 1.57 bits per heavy atom. The van der Waals surface area contributed by atoms with E-state index in [-0.39, 0.29) is 35.1 Å². The second-order valence-corrected chi connectivity index (χ2v) is 17.3. The van der Waals surface area contributed by atoms with Gasteiger partial charge in [-0.2, -0.15) is 5.26 Å². The van der Waals surface area contributed by atoms with Crippen LogP contribution in [-0.2, 0) is 27.8 Å². The molecule has 0 saturated carbocycles. The van der Waals surface area contributed by atoms with Crippen LogP contribution in [0.2, 0.25) is 0 Å². The smallest absolute Gasteiger partial charge is 0.309 e. The van der Waals surface area contributed by atoms with Crippen molar-refractivity contribution >= 4 is 17.6 Å². The fourth-order valence-electron chi connectivity index (χ4n) is 9.77. The van der Waals surface area contributed by atoms with Crippen molar-refractivity contribution in [1.29, 1.82) is 5.26 Å². The van der Waals surface area contributed by atoms with Gasteiger partial charge < -0.3 is 15.1 Å². The lowest BCUT2D eigenvalue weighted by Crippen LogP contribution is -2.55. The number of carboxylic acids is 2. The van der Waals surface area contributed by atoms with Crippen LogP contribution in [0.3, 0.4) is 0 Å². The van der Waals surface area contributed by atoms with E-state index in [1.54, 1.807) is 0 Å². The van der Waals surface area contributed by atoms with Crippen LogP contribution in [0.1, 0.15) is 137 Å². The molecule has 3 aliphatic rings. The van der Waals surface area contributed by atoms with E-state index in [4.69, 9.17) is 0 Å². The van der Waals surface area contributed by atoms with E-state index in [2.05, 4.69) is 105 Å². The van der Waals surface area contributed by atoms with Crippen LogP contribution in [0.25, 0.3) is 0 Å². The van der Waals surface area contributed by atoms with E-state index in [1.807, 2.05) is 18.2 Å². The van der Waals surface area contributed by atoms with Crippen molar-refractivity contribution in [2.45, 2.75) is 144 Å². The Labute approximate surface area is 320 Å². The number of nitriles is 1. The zero-order valence-electron chi connectivity index (χ0n) is 34.4. The third-order valence-corrected chi connectivity index (χ3v) is 12.6. The number of nitrogens with zero attached hydrogens (tertiary/aromatic N) is 3. The van der Waals surface area contributed by atoms with E-state index >= 15 is 0 Å². The maximum Gasteiger partial charge on any atom is 0.309 e. The lowest BCUT2D eigenvalue weighted by Gasteiger charge is -2.39. The number of aryl methyl sites for hydroxylation is 2. The van der Waals surface area contributed by atoms with Gasteiger partial charge in [0, 0.05) is 35.0 Å². The quantitative estimate of drug-likeness (QED) is 0.0942. The molecule has 0 spiro atoms. The van der Waals surface area contributed by atoms with Crippen LogP contribution in [-0.4, -0.2) is 53.2 Å². The van der Waals surface area contributed by atoms with Crippen molar-refractivity contribution in [2.24, 2.45) is 10.8 Å². The summed E-state index contributed by atoms with van der Waals surface area (Å²) in [4.78, 5) is 26.0. The van der Waals surface area contributed by atoms with Gasteiger partial charge in [-0.25, -0.2) is 0 Å². The molecule has 3 atom stereocenters. The maximum atomic E-state index is 12.0. The first-order valence-electron chi connectivity index (χ1n) is 20.1. The first kappa shape index (κ1) is 41.9. The highest BCUT2D eigenvalue weighted by atomic mass is 16.4. The predicted octanol–water partition coefficient (Wildman–Crippen LogP) is 10.6. The monoisotopic (exact) mass is 725 g/mol. The van der Waals surface area contributed by atoms with Crippen LogP contribution < -0.4 is 4.48 Å². The number of hydrogen-bond donors (Lipinski definition) is 2. The van der Waals surface area contributed by atoms with Crippen molar-refractivity contribution in [1.82, 2.24) is 9.38 Å². The Balaban J connectivity index is 1.80. The van der Waals surface area contributed by atoms with Crippen LogP contribution in [0.5, 0.6) is 0 Å². The van der Waals surface area contributed by atoms with E-state index < -0.39 is 11.9 Å². The van der Waals surface area contributed by atoms with E-state index in [9.17, 15) is 25.1 Å². The predicted molar refractivity (Wildman–Crippen MR) is 217 cm³/mol. The van der Waals surface area contributed by atoms with Crippen molar-refractivity contribution in [3.8, 4) is 6.07 Å². The van der Waals surface area contributed by atoms with Gasteiger partial charge in [-0.3, -0.25) is 14.1 Å². The summed E-state index contributed by atoms with van der Waals surface area (Å²) in [6, 6.07) is 7.07. The molecule has 7 heteroatoms. The molecular weight excluding hydrogens is 659 g/mol. The largest absolute Gasteiger partial charge is 0.481 e. The minimum absolute atomic E-state index is 0.0200. The van der Waals surface area contributed by atoms with Gasteiger partial charge in [0.2, 0.25) is 0 Å². The summed E-state index contributed by atoms with van der Waals surface area (Å²) in [7, 11) is 2.16. The molecule has 4 rings (SSSR count). The second kappa shape index (κ2) is 16.6. The van der Waals surface area contributed by atoms with Gasteiger partial charge in [0.25, 0.3) is 0 Å². The average Bonchev–Trinajstić information content (AvgIpc) is 3.38. The molecular formula is C46H66N3O4+. The minimum Gasteiger partial charge on any atom is -0.481 e. The van der Waals surface area contributed by atoms with Crippen LogP contribution in [0.4, 0.5) is 5.69 Å². The Hall–Kier alpha value is -3.89. The molecule has 53 heavy (non-hydrogen) atoms. The summed E-state index contributed by atoms with van der Waals surface area (Å²) in [6.45, 7) is 21.1. The lowest BCUT2D eigenvalue weighted by molar-refractivity contribution is -0.138. The molecule has 3 unspecified atom stereocenters. The molecule has 0 amide bonds. The van der Waals surface area contributed by atoms with E-state index in [0.717, 1.165) is 69.2 Å². The number of quaternary nitrogens is 1. The number of benzene rings is 1.